The van der Waals surface area contributed by atoms with Crippen LogP contribution in [-0.2, 0) is 4.84 Å². The molecule has 1 aromatic rings. The second-order valence-corrected chi connectivity index (χ2v) is 7.79. The Morgan fingerprint density at radius 3 is 1.59 bits per heavy atom. The zero-order valence-electron chi connectivity index (χ0n) is 15.1. The quantitative estimate of drug-likeness (QED) is 0.782. The summed E-state index contributed by atoms with van der Waals surface area (Å²) in [4.78, 5) is 18.4. The van der Waals surface area contributed by atoms with Crippen LogP contribution in [0.5, 0.6) is 0 Å². The van der Waals surface area contributed by atoms with Crippen LogP contribution in [0.3, 0.4) is 0 Å². The molecule has 0 radical (unpaired) electrons. The average molecular weight is 310 g/mol. The highest BCUT2D eigenvalue weighted by Crippen LogP contribution is 2.18. The van der Waals surface area contributed by atoms with Gasteiger partial charge < -0.3 is 10.6 Å². The van der Waals surface area contributed by atoms with Crippen molar-refractivity contribution < 1.29 is 4.84 Å². The van der Waals surface area contributed by atoms with Gasteiger partial charge in [0.15, 0.2) is 0 Å². The number of nitrogens with zero attached hydrogens (tertiary/aromatic N) is 4. The molecule has 0 saturated carbocycles. The fourth-order valence-corrected chi connectivity index (χ4v) is 1.43. The first-order valence-electron chi connectivity index (χ1n) is 7.52. The summed E-state index contributed by atoms with van der Waals surface area (Å²) in [6.45, 7) is 14.5. The van der Waals surface area contributed by atoms with Crippen LogP contribution in [0.4, 0.5) is 17.8 Å². The van der Waals surface area contributed by atoms with Crippen molar-refractivity contribution in [3.05, 3.63) is 0 Å². The van der Waals surface area contributed by atoms with E-state index in [9.17, 15) is 0 Å². The molecule has 0 atom stereocenters. The molecule has 0 aliphatic heterocycles. The number of hydrogen-bond donors (Lipinski definition) is 2. The van der Waals surface area contributed by atoms with Gasteiger partial charge in [0, 0.05) is 20.1 Å². The Bertz CT molecular complexity index is 442. The number of rotatable bonds is 6. The summed E-state index contributed by atoms with van der Waals surface area (Å²) in [5.74, 6) is 1.55. The van der Waals surface area contributed by atoms with E-state index in [1.807, 2.05) is 0 Å². The van der Waals surface area contributed by atoms with Gasteiger partial charge in [0.25, 0.3) is 5.95 Å². The summed E-state index contributed by atoms with van der Waals surface area (Å²) in [6, 6.07) is 0. The van der Waals surface area contributed by atoms with Crippen molar-refractivity contribution in [3.8, 4) is 0 Å². The van der Waals surface area contributed by atoms with Crippen LogP contribution < -0.4 is 15.7 Å². The van der Waals surface area contributed by atoms with Crippen molar-refractivity contribution in [1.29, 1.82) is 0 Å². The molecule has 7 heteroatoms. The smallest absolute Gasteiger partial charge is 0.256 e. The number of aromatic nitrogens is 3. The molecule has 0 aliphatic rings. The Kier molecular flexibility index (Phi) is 5.93. The monoisotopic (exact) mass is 310 g/mol. The van der Waals surface area contributed by atoms with Crippen LogP contribution in [0, 0.1) is 10.8 Å². The fraction of sp³-hybridized carbons (Fsp3) is 0.800. The van der Waals surface area contributed by atoms with Crippen LogP contribution in [0.1, 0.15) is 41.5 Å². The second kappa shape index (κ2) is 7.09. The number of nitrogens with one attached hydrogen (secondary N) is 2. The molecular weight excluding hydrogens is 280 g/mol. The van der Waals surface area contributed by atoms with E-state index in [0.29, 0.717) is 17.8 Å². The first kappa shape index (κ1) is 18.4. The number of anilines is 3. The standard InChI is InChI=1S/C15H30N6O/c1-14(2,3)9-16-11-18-12(17-10-15(4,5)6)20-13(19-11)21(7)22-8/h9-10H2,1-8H3,(H2,16,17,18,19,20). The van der Waals surface area contributed by atoms with Crippen molar-refractivity contribution in [2.75, 3.05) is 42.9 Å². The molecule has 22 heavy (non-hydrogen) atoms. The average Bonchev–Trinajstić information content (AvgIpc) is 2.40. The highest BCUT2D eigenvalue weighted by molar-refractivity contribution is 5.42. The molecule has 2 N–H and O–H groups in total. The van der Waals surface area contributed by atoms with Crippen molar-refractivity contribution in [1.82, 2.24) is 15.0 Å². The first-order chi connectivity index (χ1) is 10.00. The van der Waals surface area contributed by atoms with E-state index in [-0.39, 0.29) is 10.8 Å². The Hall–Kier alpha value is -1.63. The summed E-state index contributed by atoms with van der Waals surface area (Å²) >= 11 is 0. The summed E-state index contributed by atoms with van der Waals surface area (Å²) < 4.78 is 0. The summed E-state index contributed by atoms with van der Waals surface area (Å²) in [5, 5.41) is 8.02. The largest absolute Gasteiger partial charge is 0.353 e. The van der Waals surface area contributed by atoms with Gasteiger partial charge in [-0.15, -0.1) is 0 Å². The Balaban J connectivity index is 2.95. The van der Waals surface area contributed by atoms with E-state index in [1.165, 1.54) is 5.06 Å². The van der Waals surface area contributed by atoms with Gasteiger partial charge in [-0.3, -0.25) is 4.84 Å². The lowest BCUT2D eigenvalue weighted by atomic mass is 9.97. The lowest BCUT2D eigenvalue weighted by molar-refractivity contribution is 0.180. The van der Waals surface area contributed by atoms with Crippen molar-refractivity contribution >= 4 is 17.8 Å². The molecule has 1 heterocycles. The van der Waals surface area contributed by atoms with E-state index >= 15 is 0 Å². The maximum absolute atomic E-state index is 5.16. The predicted molar refractivity (Wildman–Crippen MR) is 91.1 cm³/mol. The van der Waals surface area contributed by atoms with Gasteiger partial charge in [0.1, 0.15) is 0 Å². The van der Waals surface area contributed by atoms with Crippen molar-refractivity contribution in [2.24, 2.45) is 10.8 Å². The Labute approximate surface area is 133 Å². The molecule has 0 aliphatic carbocycles. The fourth-order valence-electron chi connectivity index (χ4n) is 1.43. The van der Waals surface area contributed by atoms with Gasteiger partial charge in [-0.1, -0.05) is 41.5 Å². The first-order valence-corrected chi connectivity index (χ1v) is 7.52. The van der Waals surface area contributed by atoms with Gasteiger partial charge in [0.05, 0.1) is 7.11 Å². The van der Waals surface area contributed by atoms with Gasteiger partial charge >= 0.3 is 0 Å². The lowest BCUT2D eigenvalue weighted by Crippen LogP contribution is -2.25. The minimum Gasteiger partial charge on any atom is -0.353 e. The highest BCUT2D eigenvalue weighted by Gasteiger charge is 2.15. The van der Waals surface area contributed by atoms with E-state index < -0.39 is 0 Å². The van der Waals surface area contributed by atoms with Crippen LogP contribution in [0.25, 0.3) is 0 Å². The van der Waals surface area contributed by atoms with Gasteiger partial charge in [-0.05, 0) is 10.8 Å². The van der Waals surface area contributed by atoms with Gasteiger partial charge in [-0.25, -0.2) is 5.06 Å². The third-order valence-corrected chi connectivity index (χ3v) is 2.73. The van der Waals surface area contributed by atoms with Crippen molar-refractivity contribution in [2.45, 2.75) is 41.5 Å². The summed E-state index contributed by atoms with van der Waals surface area (Å²) in [7, 11) is 3.34. The van der Waals surface area contributed by atoms with E-state index in [2.05, 4.69) is 67.1 Å². The molecule has 0 aromatic carbocycles. The molecule has 0 unspecified atom stereocenters. The normalized spacial score (nSPS) is 12.2. The molecule has 0 bridgehead atoms. The van der Waals surface area contributed by atoms with Crippen LogP contribution in [0.2, 0.25) is 0 Å². The van der Waals surface area contributed by atoms with Crippen LogP contribution >= 0.6 is 0 Å². The third-order valence-electron chi connectivity index (χ3n) is 2.73. The molecule has 1 rings (SSSR count). The highest BCUT2D eigenvalue weighted by atomic mass is 16.7. The molecule has 0 saturated heterocycles. The minimum atomic E-state index is 0.138. The van der Waals surface area contributed by atoms with E-state index in [4.69, 9.17) is 4.84 Å². The third kappa shape index (κ3) is 6.89. The SMILES string of the molecule is CON(C)c1nc(NCC(C)(C)C)nc(NCC(C)(C)C)n1. The molecule has 0 fully saturated rings. The van der Waals surface area contributed by atoms with Crippen molar-refractivity contribution in [3.63, 3.8) is 0 Å². The Morgan fingerprint density at radius 1 is 0.864 bits per heavy atom. The molecule has 1 aromatic heterocycles. The molecule has 0 spiro atoms. The van der Waals surface area contributed by atoms with Crippen LogP contribution in [0.15, 0.2) is 0 Å². The predicted octanol–water partition coefficient (Wildman–Crippen LogP) is 2.79. The van der Waals surface area contributed by atoms with Gasteiger partial charge in [0.2, 0.25) is 11.9 Å². The number of hydrogen-bond acceptors (Lipinski definition) is 7. The summed E-state index contributed by atoms with van der Waals surface area (Å²) in [5.41, 5.74) is 0.276. The lowest BCUT2D eigenvalue weighted by Gasteiger charge is -2.22. The zero-order valence-corrected chi connectivity index (χ0v) is 15.1. The molecule has 126 valence electrons. The number of hydroxylamine groups is 1. The van der Waals surface area contributed by atoms with Gasteiger partial charge in [-0.2, -0.15) is 15.0 Å². The maximum Gasteiger partial charge on any atom is 0.256 e. The van der Waals surface area contributed by atoms with E-state index in [1.54, 1.807) is 14.2 Å². The summed E-state index contributed by atoms with van der Waals surface area (Å²) in [6.07, 6.45) is 0. The maximum atomic E-state index is 5.16. The molecule has 0 amide bonds. The van der Waals surface area contributed by atoms with Crippen LogP contribution in [-0.4, -0.2) is 42.2 Å². The topological polar surface area (TPSA) is 75.2 Å². The Morgan fingerprint density at radius 2 is 1.27 bits per heavy atom. The van der Waals surface area contributed by atoms with E-state index in [0.717, 1.165) is 13.1 Å². The zero-order chi connectivity index (χ0) is 17.0. The minimum absolute atomic E-state index is 0.138. The second-order valence-electron chi connectivity index (χ2n) is 7.79. The molecule has 7 nitrogen and oxygen atoms in total. The molecular formula is C15H30N6O.